The molecule has 70 valence electrons. The van der Waals surface area contributed by atoms with Crippen LogP contribution in [0, 0.1) is 0 Å². The summed E-state index contributed by atoms with van der Waals surface area (Å²) in [5.41, 5.74) is 7.98. The topological polar surface area (TPSA) is 38.0 Å². The Bertz CT molecular complexity index is 312. The Morgan fingerprint density at radius 1 is 1.54 bits per heavy atom. The van der Waals surface area contributed by atoms with Crippen molar-refractivity contribution in [2.75, 3.05) is 11.9 Å². The van der Waals surface area contributed by atoms with Crippen LogP contribution in [0.4, 0.5) is 5.69 Å². The Kier molecular flexibility index (Phi) is 2.42. The number of hydrogen-bond acceptors (Lipinski definition) is 2. The molecule has 1 atom stereocenters. The summed E-state index contributed by atoms with van der Waals surface area (Å²) in [5, 5.41) is 4.16. The van der Waals surface area contributed by atoms with Gasteiger partial charge in [-0.3, -0.25) is 0 Å². The van der Waals surface area contributed by atoms with Gasteiger partial charge in [-0.05, 0) is 24.5 Å². The smallest absolute Gasteiger partial charge is 0.0640 e. The van der Waals surface area contributed by atoms with E-state index in [-0.39, 0.29) is 0 Å². The van der Waals surface area contributed by atoms with Crippen LogP contribution in [0.2, 0.25) is 5.02 Å². The highest BCUT2D eigenvalue weighted by Crippen LogP contribution is 2.31. The van der Waals surface area contributed by atoms with E-state index in [0.717, 1.165) is 23.6 Å². The number of hydrogen-bond donors (Lipinski definition) is 2. The Hall–Kier alpha value is -0.730. The lowest BCUT2D eigenvalue weighted by atomic mass is 9.98. The second kappa shape index (κ2) is 3.56. The van der Waals surface area contributed by atoms with E-state index >= 15 is 0 Å². The van der Waals surface area contributed by atoms with Crippen LogP contribution in [0.3, 0.4) is 0 Å². The highest BCUT2D eigenvalue weighted by Gasteiger charge is 2.17. The third-order valence-corrected chi connectivity index (χ3v) is 2.81. The molecule has 0 aromatic heterocycles. The first-order valence-corrected chi connectivity index (χ1v) is 4.93. The van der Waals surface area contributed by atoms with Crippen molar-refractivity contribution >= 4 is 17.3 Å². The summed E-state index contributed by atoms with van der Waals surface area (Å²) in [5.74, 6) is 0. The number of rotatable bonds is 1. The number of para-hydroxylation sites is 1. The van der Waals surface area contributed by atoms with E-state index in [0.29, 0.717) is 12.6 Å². The van der Waals surface area contributed by atoms with E-state index in [1.54, 1.807) is 0 Å². The maximum Gasteiger partial charge on any atom is 0.0640 e. The summed E-state index contributed by atoms with van der Waals surface area (Å²) < 4.78 is 0. The van der Waals surface area contributed by atoms with Gasteiger partial charge in [-0.1, -0.05) is 23.7 Å². The number of benzene rings is 1. The molecule has 0 amide bonds. The minimum absolute atomic E-state index is 0.382. The Morgan fingerprint density at radius 2 is 2.38 bits per heavy atom. The van der Waals surface area contributed by atoms with Crippen molar-refractivity contribution < 1.29 is 0 Å². The highest BCUT2D eigenvalue weighted by atomic mass is 35.5. The van der Waals surface area contributed by atoms with Crippen molar-refractivity contribution in [2.45, 2.75) is 18.9 Å². The molecule has 1 aliphatic heterocycles. The van der Waals surface area contributed by atoms with Gasteiger partial charge in [-0.2, -0.15) is 0 Å². The van der Waals surface area contributed by atoms with Gasteiger partial charge in [0.1, 0.15) is 0 Å². The predicted octanol–water partition coefficient (Wildman–Crippen LogP) is 2.03. The van der Waals surface area contributed by atoms with Gasteiger partial charge in [0, 0.05) is 12.6 Å². The lowest BCUT2D eigenvalue weighted by Gasteiger charge is -2.26. The fourth-order valence-corrected chi connectivity index (χ4v) is 1.97. The van der Waals surface area contributed by atoms with Crippen molar-refractivity contribution in [1.82, 2.24) is 0 Å². The van der Waals surface area contributed by atoms with Gasteiger partial charge >= 0.3 is 0 Å². The van der Waals surface area contributed by atoms with Gasteiger partial charge in [0.25, 0.3) is 0 Å². The molecule has 1 heterocycles. The van der Waals surface area contributed by atoms with Gasteiger partial charge in [0.2, 0.25) is 0 Å². The van der Waals surface area contributed by atoms with E-state index in [1.807, 2.05) is 12.1 Å². The van der Waals surface area contributed by atoms with E-state index in [4.69, 9.17) is 17.3 Å². The highest BCUT2D eigenvalue weighted by molar-refractivity contribution is 6.33. The average molecular weight is 197 g/mol. The Labute approximate surface area is 83.1 Å². The summed E-state index contributed by atoms with van der Waals surface area (Å²) in [6.45, 7) is 0.671. The number of nitrogens with one attached hydrogen (secondary N) is 1. The Morgan fingerprint density at radius 3 is 3.15 bits per heavy atom. The molecule has 3 heteroatoms. The number of halogens is 1. The monoisotopic (exact) mass is 196 g/mol. The summed E-state index contributed by atoms with van der Waals surface area (Å²) in [7, 11) is 0. The molecule has 0 aliphatic carbocycles. The van der Waals surface area contributed by atoms with Crippen molar-refractivity contribution in [2.24, 2.45) is 5.73 Å². The minimum atomic E-state index is 0.382. The van der Waals surface area contributed by atoms with Crippen LogP contribution in [0.5, 0.6) is 0 Å². The normalized spacial score (nSPS) is 20.6. The van der Waals surface area contributed by atoms with Crippen LogP contribution in [-0.2, 0) is 6.42 Å². The summed E-state index contributed by atoms with van der Waals surface area (Å²) in [4.78, 5) is 0. The quantitative estimate of drug-likeness (QED) is 0.722. The standard InChI is InChI=1S/C10H13ClN2/c11-9-3-1-2-7-4-5-8(6-12)13-10(7)9/h1-3,8,13H,4-6,12H2. The fourth-order valence-electron chi connectivity index (χ4n) is 1.72. The number of fused-ring (bicyclic) bond motifs is 1. The summed E-state index contributed by atoms with van der Waals surface area (Å²) in [6, 6.07) is 6.39. The lowest BCUT2D eigenvalue weighted by molar-refractivity contribution is 0.639. The second-order valence-electron chi connectivity index (χ2n) is 3.39. The first-order chi connectivity index (χ1) is 6.31. The minimum Gasteiger partial charge on any atom is -0.380 e. The van der Waals surface area contributed by atoms with Gasteiger partial charge in [-0.25, -0.2) is 0 Å². The molecular formula is C10H13ClN2. The predicted molar refractivity (Wildman–Crippen MR) is 56.2 cm³/mol. The van der Waals surface area contributed by atoms with E-state index < -0.39 is 0 Å². The molecule has 2 nitrogen and oxygen atoms in total. The Balaban J connectivity index is 2.32. The van der Waals surface area contributed by atoms with Crippen molar-refractivity contribution in [3.8, 4) is 0 Å². The number of anilines is 1. The van der Waals surface area contributed by atoms with Crippen molar-refractivity contribution in [3.05, 3.63) is 28.8 Å². The van der Waals surface area contributed by atoms with Crippen LogP contribution in [0.1, 0.15) is 12.0 Å². The van der Waals surface area contributed by atoms with E-state index in [9.17, 15) is 0 Å². The van der Waals surface area contributed by atoms with Gasteiger partial charge in [0.15, 0.2) is 0 Å². The fraction of sp³-hybridized carbons (Fsp3) is 0.400. The number of aryl methyl sites for hydroxylation is 1. The molecule has 3 N–H and O–H groups in total. The van der Waals surface area contributed by atoms with E-state index in [1.165, 1.54) is 5.56 Å². The average Bonchev–Trinajstić information content (AvgIpc) is 2.18. The molecule has 1 aliphatic rings. The van der Waals surface area contributed by atoms with Crippen LogP contribution in [0.15, 0.2) is 18.2 Å². The third-order valence-electron chi connectivity index (χ3n) is 2.50. The van der Waals surface area contributed by atoms with Gasteiger partial charge in [-0.15, -0.1) is 0 Å². The van der Waals surface area contributed by atoms with Crippen molar-refractivity contribution in [3.63, 3.8) is 0 Å². The molecule has 0 spiro atoms. The zero-order valence-electron chi connectivity index (χ0n) is 7.39. The second-order valence-corrected chi connectivity index (χ2v) is 3.80. The molecule has 13 heavy (non-hydrogen) atoms. The molecule has 0 fully saturated rings. The van der Waals surface area contributed by atoms with Crippen LogP contribution in [-0.4, -0.2) is 12.6 Å². The molecule has 0 bridgehead atoms. The summed E-state index contributed by atoms with van der Waals surface area (Å²) >= 11 is 6.06. The van der Waals surface area contributed by atoms with Crippen molar-refractivity contribution in [1.29, 1.82) is 0 Å². The zero-order valence-corrected chi connectivity index (χ0v) is 8.14. The van der Waals surface area contributed by atoms with Gasteiger partial charge < -0.3 is 11.1 Å². The first kappa shape index (κ1) is 8.85. The van der Waals surface area contributed by atoms with Gasteiger partial charge in [0.05, 0.1) is 10.7 Å². The molecule has 2 rings (SSSR count). The zero-order chi connectivity index (χ0) is 9.26. The lowest BCUT2D eigenvalue weighted by Crippen LogP contribution is -2.32. The molecule has 0 radical (unpaired) electrons. The van der Waals surface area contributed by atoms with Crippen LogP contribution < -0.4 is 11.1 Å². The molecule has 1 aromatic carbocycles. The first-order valence-electron chi connectivity index (χ1n) is 4.55. The molecule has 1 aromatic rings. The maximum absolute atomic E-state index is 6.06. The SMILES string of the molecule is NCC1CCc2cccc(Cl)c2N1. The molecule has 0 saturated carbocycles. The molecular weight excluding hydrogens is 184 g/mol. The largest absolute Gasteiger partial charge is 0.380 e. The molecule has 0 saturated heterocycles. The number of nitrogens with two attached hydrogens (primary N) is 1. The third kappa shape index (κ3) is 1.64. The van der Waals surface area contributed by atoms with Crippen LogP contribution in [0.25, 0.3) is 0 Å². The maximum atomic E-state index is 6.06. The van der Waals surface area contributed by atoms with Crippen LogP contribution >= 0.6 is 11.6 Å². The summed E-state index contributed by atoms with van der Waals surface area (Å²) in [6.07, 6.45) is 2.18. The molecule has 1 unspecified atom stereocenters. The van der Waals surface area contributed by atoms with E-state index in [2.05, 4.69) is 11.4 Å².